The molecule has 1 fully saturated rings. The molecule has 1 atom stereocenters. The number of nitrogens with one attached hydrogen (secondary N) is 1. The van der Waals surface area contributed by atoms with Crippen LogP contribution in [0.5, 0.6) is 0 Å². The van der Waals surface area contributed by atoms with Crippen molar-refractivity contribution in [1.82, 2.24) is 13.9 Å². The van der Waals surface area contributed by atoms with Crippen LogP contribution >= 0.6 is 0 Å². The number of hydrogen-bond donors (Lipinski definition) is 1. The lowest BCUT2D eigenvalue weighted by Crippen LogP contribution is -2.55. The van der Waals surface area contributed by atoms with Gasteiger partial charge >= 0.3 is 0 Å². The van der Waals surface area contributed by atoms with Gasteiger partial charge in [0.25, 0.3) is 10.2 Å². The molecule has 0 aliphatic carbocycles. The third-order valence-corrected chi connectivity index (χ3v) is 4.37. The Morgan fingerprint density at radius 1 is 1.53 bits per heavy atom. The Hall–Kier alpha value is -0.210. The van der Waals surface area contributed by atoms with Gasteiger partial charge in [-0.15, -0.1) is 0 Å². The first-order valence-corrected chi connectivity index (χ1v) is 6.31. The summed E-state index contributed by atoms with van der Waals surface area (Å²) in [4.78, 5) is 0. The van der Waals surface area contributed by atoms with Gasteiger partial charge in [0.2, 0.25) is 0 Å². The average molecular weight is 237 g/mol. The van der Waals surface area contributed by atoms with E-state index in [1.807, 2.05) is 0 Å². The number of ether oxygens (including phenoxy) is 1. The molecule has 1 saturated heterocycles. The maximum atomic E-state index is 11.9. The zero-order valence-corrected chi connectivity index (χ0v) is 10.2. The molecule has 0 aromatic heterocycles. The van der Waals surface area contributed by atoms with Gasteiger partial charge < -0.3 is 10.1 Å². The Balaban J connectivity index is 2.80. The topological polar surface area (TPSA) is 61.9 Å². The van der Waals surface area contributed by atoms with Crippen molar-refractivity contribution in [2.45, 2.75) is 6.04 Å². The van der Waals surface area contributed by atoms with Crippen LogP contribution in [0.3, 0.4) is 0 Å². The standard InChI is InChI=1S/C8H19N3O3S/c1-9-6-8-7-14-5-4-11(8)15(12,13)10(2)3/h8-9H,4-7H2,1-3H3. The lowest BCUT2D eigenvalue weighted by atomic mass is 10.3. The molecule has 1 heterocycles. The van der Waals surface area contributed by atoms with Crippen LogP contribution in [0.4, 0.5) is 0 Å². The molecule has 0 radical (unpaired) electrons. The second-order valence-electron chi connectivity index (χ2n) is 3.69. The Kier molecular flexibility index (Phi) is 4.47. The van der Waals surface area contributed by atoms with Crippen LogP contribution < -0.4 is 5.32 Å². The Morgan fingerprint density at radius 3 is 2.73 bits per heavy atom. The normalized spacial score (nSPS) is 24.7. The SMILES string of the molecule is CNCC1COCCN1S(=O)(=O)N(C)C. The molecule has 1 unspecified atom stereocenters. The van der Waals surface area contributed by atoms with E-state index in [0.717, 1.165) is 0 Å². The van der Waals surface area contributed by atoms with Crippen molar-refractivity contribution >= 4 is 10.2 Å². The summed E-state index contributed by atoms with van der Waals surface area (Å²) in [5.41, 5.74) is 0. The summed E-state index contributed by atoms with van der Waals surface area (Å²) in [6, 6.07) is -0.115. The van der Waals surface area contributed by atoms with Crippen molar-refractivity contribution in [2.75, 3.05) is 47.4 Å². The minimum absolute atomic E-state index is 0.115. The number of hydrogen-bond acceptors (Lipinski definition) is 4. The quantitative estimate of drug-likeness (QED) is 0.661. The molecule has 0 amide bonds. The highest BCUT2D eigenvalue weighted by molar-refractivity contribution is 7.86. The fourth-order valence-electron chi connectivity index (χ4n) is 1.55. The van der Waals surface area contributed by atoms with Crippen LogP contribution in [0.25, 0.3) is 0 Å². The molecular formula is C8H19N3O3S. The zero-order valence-electron chi connectivity index (χ0n) is 9.43. The summed E-state index contributed by atoms with van der Waals surface area (Å²) < 4.78 is 31.9. The van der Waals surface area contributed by atoms with E-state index in [9.17, 15) is 8.42 Å². The summed E-state index contributed by atoms with van der Waals surface area (Å²) >= 11 is 0. The van der Waals surface area contributed by atoms with E-state index in [-0.39, 0.29) is 6.04 Å². The van der Waals surface area contributed by atoms with Gasteiger partial charge in [-0.1, -0.05) is 0 Å². The summed E-state index contributed by atoms with van der Waals surface area (Å²) in [5.74, 6) is 0. The predicted molar refractivity (Wildman–Crippen MR) is 57.8 cm³/mol. The molecule has 90 valence electrons. The van der Waals surface area contributed by atoms with Crippen molar-refractivity contribution in [3.63, 3.8) is 0 Å². The van der Waals surface area contributed by atoms with Crippen LogP contribution in [-0.2, 0) is 14.9 Å². The van der Waals surface area contributed by atoms with Crippen LogP contribution in [0, 0.1) is 0 Å². The van der Waals surface area contributed by atoms with E-state index in [0.29, 0.717) is 26.3 Å². The lowest BCUT2D eigenvalue weighted by molar-refractivity contribution is 0.0314. The highest BCUT2D eigenvalue weighted by Crippen LogP contribution is 2.13. The predicted octanol–water partition coefficient (Wildman–Crippen LogP) is -1.29. The first-order chi connectivity index (χ1) is 7.00. The van der Waals surface area contributed by atoms with E-state index in [4.69, 9.17) is 4.74 Å². The summed E-state index contributed by atoms with van der Waals surface area (Å²) in [5, 5.41) is 2.97. The second kappa shape index (κ2) is 5.22. The van der Waals surface area contributed by atoms with Crippen LogP contribution in [0.1, 0.15) is 0 Å². The van der Waals surface area contributed by atoms with Gasteiger partial charge in [0, 0.05) is 27.2 Å². The number of likely N-dealkylation sites (N-methyl/N-ethyl adjacent to an activating group) is 1. The number of nitrogens with zero attached hydrogens (tertiary/aromatic N) is 2. The zero-order chi connectivity index (χ0) is 11.5. The van der Waals surface area contributed by atoms with E-state index >= 15 is 0 Å². The lowest BCUT2D eigenvalue weighted by Gasteiger charge is -2.35. The van der Waals surface area contributed by atoms with Gasteiger partial charge in [0.05, 0.1) is 19.3 Å². The molecule has 0 aromatic rings. The molecule has 15 heavy (non-hydrogen) atoms. The largest absolute Gasteiger partial charge is 0.378 e. The highest BCUT2D eigenvalue weighted by Gasteiger charge is 2.33. The summed E-state index contributed by atoms with van der Waals surface area (Å²) in [6.07, 6.45) is 0. The van der Waals surface area contributed by atoms with Crippen molar-refractivity contribution in [2.24, 2.45) is 0 Å². The van der Waals surface area contributed by atoms with Gasteiger partial charge in [0.1, 0.15) is 0 Å². The first kappa shape index (κ1) is 12.9. The van der Waals surface area contributed by atoms with E-state index < -0.39 is 10.2 Å². The Labute approximate surface area is 91.4 Å². The van der Waals surface area contributed by atoms with Crippen molar-refractivity contribution < 1.29 is 13.2 Å². The second-order valence-corrected chi connectivity index (χ2v) is 5.78. The molecule has 0 aromatic carbocycles. The van der Waals surface area contributed by atoms with Crippen molar-refractivity contribution in [3.8, 4) is 0 Å². The van der Waals surface area contributed by atoms with E-state index in [1.165, 1.54) is 8.61 Å². The minimum atomic E-state index is -3.32. The third-order valence-electron chi connectivity index (χ3n) is 2.37. The maximum absolute atomic E-state index is 11.9. The first-order valence-electron chi connectivity index (χ1n) is 4.91. The molecular weight excluding hydrogens is 218 g/mol. The van der Waals surface area contributed by atoms with Crippen LogP contribution in [0.2, 0.25) is 0 Å². The van der Waals surface area contributed by atoms with Crippen LogP contribution in [0.15, 0.2) is 0 Å². The molecule has 0 saturated carbocycles. The molecule has 1 N–H and O–H groups in total. The molecule has 1 aliphatic heterocycles. The van der Waals surface area contributed by atoms with Gasteiger partial charge in [-0.05, 0) is 7.05 Å². The van der Waals surface area contributed by atoms with Gasteiger partial charge in [-0.25, -0.2) is 0 Å². The minimum Gasteiger partial charge on any atom is -0.378 e. The number of morpholine rings is 1. The monoisotopic (exact) mass is 237 g/mol. The van der Waals surface area contributed by atoms with Crippen molar-refractivity contribution in [1.29, 1.82) is 0 Å². The molecule has 0 spiro atoms. The summed E-state index contributed by atoms with van der Waals surface area (Å²) in [7, 11) is 1.56. The molecule has 1 rings (SSSR count). The fourth-order valence-corrected chi connectivity index (χ4v) is 2.79. The Bertz CT molecular complexity index is 290. The van der Waals surface area contributed by atoms with E-state index in [2.05, 4.69) is 5.32 Å². The van der Waals surface area contributed by atoms with E-state index in [1.54, 1.807) is 21.1 Å². The molecule has 1 aliphatic rings. The molecule has 0 bridgehead atoms. The highest BCUT2D eigenvalue weighted by atomic mass is 32.2. The summed E-state index contributed by atoms with van der Waals surface area (Å²) in [6.45, 7) is 1.95. The average Bonchev–Trinajstić information content (AvgIpc) is 2.18. The smallest absolute Gasteiger partial charge is 0.281 e. The maximum Gasteiger partial charge on any atom is 0.281 e. The van der Waals surface area contributed by atoms with Crippen LogP contribution in [-0.4, -0.2) is 70.5 Å². The van der Waals surface area contributed by atoms with Gasteiger partial charge in [0.15, 0.2) is 0 Å². The number of rotatable bonds is 4. The van der Waals surface area contributed by atoms with Gasteiger partial charge in [-0.2, -0.15) is 17.0 Å². The van der Waals surface area contributed by atoms with Gasteiger partial charge in [-0.3, -0.25) is 0 Å². The Morgan fingerprint density at radius 2 is 2.20 bits per heavy atom. The molecule has 6 nitrogen and oxygen atoms in total. The molecule has 7 heteroatoms. The van der Waals surface area contributed by atoms with Crippen molar-refractivity contribution in [3.05, 3.63) is 0 Å². The fraction of sp³-hybridized carbons (Fsp3) is 1.00. The third kappa shape index (κ3) is 2.88.